The first-order valence-electron chi connectivity index (χ1n) is 7.80. The van der Waals surface area contributed by atoms with Crippen molar-refractivity contribution < 1.29 is 19.4 Å². The molecule has 122 valence electrons. The van der Waals surface area contributed by atoms with Crippen molar-refractivity contribution in [2.45, 2.75) is 52.0 Å². The van der Waals surface area contributed by atoms with Crippen molar-refractivity contribution in [3.63, 3.8) is 0 Å². The zero-order valence-corrected chi connectivity index (χ0v) is 13.3. The topological polar surface area (TPSA) is 75.6 Å². The van der Waals surface area contributed by atoms with Gasteiger partial charge in [-0.25, -0.2) is 4.79 Å². The maximum absolute atomic E-state index is 11.7. The quantitative estimate of drug-likeness (QED) is 0.697. The molecule has 0 aliphatic heterocycles. The summed E-state index contributed by atoms with van der Waals surface area (Å²) in [4.78, 5) is 22.5. The summed E-state index contributed by atoms with van der Waals surface area (Å²) in [5, 5.41) is 11.4. The molecule has 5 heteroatoms. The number of aryl methyl sites for hydroxylation is 1. The minimum atomic E-state index is -0.987. The van der Waals surface area contributed by atoms with Crippen LogP contribution in [-0.4, -0.2) is 29.6 Å². The summed E-state index contributed by atoms with van der Waals surface area (Å²) in [6.45, 7) is 4.51. The molecule has 1 amide bonds. The number of benzene rings is 1. The summed E-state index contributed by atoms with van der Waals surface area (Å²) in [5.74, 6) is -0.341. The zero-order chi connectivity index (χ0) is 16.4. The fourth-order valence-electron chi connectivity index (χ4n) is 2.03. The fourth-order valence-corrected chi connectivity index (χ4v) is 2.03. The molecule has 0 radical (unpaired) electrons. The summed E-state index contributed by atoms with van der Waals surface area (Å²) in [6, 6.07) is 7.07. The third kappa shape index (κ3) is 6.61. The summed E-state index contributed by atoms with van der Waals surface area (Å²) < 4.78 is 5.51. The fraction of sp³-hybridized carbons (Fsp3) is 0.529. The summed E-state index contributed by atoms with van der Waals surface area (Å²) in [5.41, 5.74) is 1.14. The van der Waals surface area contributed by atoms with E-state index in [-0.39, 0.29) is 5.91 Å². The molecule has 0 saturated heterocycles. The normalized spacial score (nSPS) is 11.7. The number of hydrogen-bond acceptors (Lipinski definition) is 3. The molecule has 0 spiro atoms. The van der Waals surface area contributed by atoms with Crippen LogP contribution in [0.25, 0.3) is 0 Å². The van der Waals surface area contributed by atoms with Gasteiger partial charge in [-0.15, -0.1) is 0 Å². The Kier molecular flexibility index (Phi) is 8.04. The van der Waals surface area contributed by atoms with Crippen molar-refractivity contribution in [2.24, 2.45) is 0 Å². The van der Waals surface area contributed by atoms with Gasteiger partial charge in [0.1, 0.15) is 11.8 Å². The first-order valence-corrected chi connectivity index (χ1v) is 7.80. The van der Waals surface area contributed by atoms with E-state index in [2.05, 4.69) is 12.2 Å². The molecular formula is C17H25NO4. The number of ether oxygens (including phenoxy) is 1. The van der Waals surface area contributed by atoms with Gasteiger partial charge in [-0.3, -0.25) is 4.79 Å². The minimum Gasteiger partial charge on any atom is -0.494 e. The van der Waals surface area contributed by atoms with Gasteiger partial charge in [0.2, 0.25) is 5.91 Å². The molecule has 0 saturated carbocycles. The highest BCUT2D eigenvalue weighted by molar-refractivity contribution is 5.83. The molecule has 0 aliphatic carbocycles. The van der Waals surface area contributed by atoms with Gasteiger partial charge in [0.05, 0.1) is 6.61 Å². The minimum absolute atomic E-state index is 0.211. The van der Waals surface area contributed by atoms with Crippen LogP contribution in [0.5, 0.6) is 5.75 Å². The highest BCUT2D eigenvalue weighted by Crippen LogP contribution is 2.14. The molecule has 1 aromatic rings. The first kappa shape index (κ1) is 18.0. The van der Waals surface area contributed by atoms with Gasteiger partial charge in [0, 0.05) is 6.42 Å². The highest BCUT2D eigenvalue weighted by atomic mass is 16.5. The Labute approximate surface area is 131 Å². The number of carbonyl (C=O) groups is 2. The van der Waals surface area contributed by atoms with Crippen LogP contribution < -0.4 is 10.1 Å². The van der Waals surface area contributed by atoms with E-state index in [0.29, 0.717) is 25.9 Å². The third-order valence-electron chi connectivity index (χ3n) is 3.31. The van der Waals surface area contributed by atoms with Crippen molar-refractivity contribution in [1.29, 1.82) is 0 Å². The zero-order valence-electron chi connectivity index (χ0n) is 13.3. The molecule has 0 bridgehead atoms. The van der Waals surface area contributed by atoms with Crippen molar-refractivity contribution in [3.8, 4) is 5.75 Å². The van der Waals surface area contributed by atoms with Crippen molar-refractivity contribution in [3.05, 3.63) is 29.8 Å². The maximum atomic E-state index is 11.7. The van der Waals surface area contributed by atoms with Crippen LogP contribution in [0.3, 0.4) is 0 Å². The molecular weight excluding hydrogens is 282 g/mol. The number of carboxylic acid groups (broad SMARTS) is 1. The van der Waals surface area contributed by atoms with Gasteiger partial charge in [0.15, 0.2) is 0 Å². The third-order valence-corrected chi connectivity index (χ3v) is 3.31. The molecule has 0 aromatic heterocycles. The van der Waals surface area contributed by atoms with E-state index in [9.17, 15) is 9.59 Å². The molecule has 0 fully saturated rings. The van der Waals surface area contributed by atoms with Crippen LogP contribution in [0, 0.1) is 0 Å². The summed E-state index contributed by atoms with van der Waals surface area (Å²) in [7, 11) is 0. The molecule has 0 aliphatic rings. The molecule has 1 rings (SSSR count). The lowest BCUT2D eigenvalue weighted by Gasteiger charge is -2.12. The first-order chi connectivity index (χ1) is 10.6. The molecule has 22 heavy (non-hydrogen) atoms. The van der Waals surface area contributed by atoms with E-state index in [1.807, 2.05) is 24.3 Å². The molecule has 1 unspecified atom stereocenters. The van der Waals surface area contributed by atoms with E-state index in [0.717, 1.165) is 24.2 Å². The van der Waals surface area contributed by atoms with Crippen molar-refractivity contribution in [1.82, 2.24) is 5.32 Å². The average molecular weight is 307 g/mol. The van der Waals surface area contributed by atoms with Crippen LogP contribution in [-0.2, 0) is 16.0 Å². The SMILES string of the molecule is CCCOc1ccc(CCCC(=O)NC(CC)C(=O)O)cc1. The standard InChI is InChI=1S/C17H25NO4/c1-3-12-22-14-10-8-13(9-11-14)6-5-7-16(19)18-15(4-2)17(20)21/h8-11,15H,3-7,12H2,1-2H3,(H,18,19)(H,20,21). The van der Waals surface area contributed by atoms with Crippen LogP contribution in [0.4, 0.5) is 0 Å². The monoisotopic (exact) mass is 307 g/mol. The van der Waals surface area contributed by atoms with Crippen LogP contribution in [0.15, 0.2) is 24.3 Å². The Balaban J connectivity index is 2.31. The van der Waals surface area contributed by atoms with Crippen molar-refractivity contribution in [2.75, 3.05) is 6.61 Å². The van der Waals surface area contributed by atoms with Gasteiger partial charge < -0.3 is 15.2 Å². The lowest BCUT2D eigenvalue weighted by atomic mass is 10.1. The summed E-state index contributed by atoms with van der Waals surface area (Å²) >= 11 is 0. The second-order valence-electron chi connectivity index (χ2n) is 5.21. The van der Waals surface area contributed by atoms with Gasteiger partial charge in [0.25, 0.3) is 0 Å². The number of nitrogens with one attached hydrogen (secondary N) is 1. The largest absolute Gasteiger partial charge is 0.494 e. The Bertz CT molecular complexity index is 470. The smallest absolute Gasteiger partial charge is 0.326 e. The van der Waals surface area contributed by atoms with E-state index in [1.165, 1.54) is 0 Å². The lowest BCUT2D eigenvalue weighted by molar-refractivity contribution is -0.141. The Morgan fingerprint density at radius 1 is 1.23 bits per heavy atom. The van der Waals surface area contributed by atoms with Gasteiger partial charge in [-0.2, -0.15) is 0 Å². The van der Waals surface area contributed by atoms with Crippen LogP contribution in [0.2, 0.25) is 0 Å². The van der Waals surface area contributed by atoms with Crippen molar-refractivity contribution >= 4 is 11.9 Å². The Morgan fingerprint density at radius 3 is 2.45 bits per heavy atom. The maximum Gasteiger partial charge on any atom is 0.326 e. The number of aliphatic carboxylic acids is 1. The second-order valence-corrected chi connectivity index (χ2v) is 5.21. The van der Waals surface area contributed by atoms with E-state index in [1.54, 1.807) is 6.92 Å². The molecule has 0 heterocycles. The Hall–Kier alpha value is -2.04. The predicted octanol–water partition coefficient (Wildman–Crippen LogP) is 2.78. The lowest BCUT2D eigenvalue weighted by Crippen LogP contribution is -2.40. The Morgan fingerprint density at radius 2 is 1.91 bits per heavy atom. The van der Waals surface area contributed by atoms with Gasteiger partial charge in [-0.05, 0) is 43.4 Å². The number of carbonyl (C=O) groups excluding carboxylic acids is 1. The molecule has 1 aromatic carbocycles. The van der Waals surface area contributed by atoms with E-state index < -0.39 is 12.0 Å². The number of amides is 1. The number of hydrogen-bond donors (Lipinski definition) is 2. The van der Waals surface area contributed by atoms with Gasteiger partial charge in [-0.1, -0.05) is 26.0 Å². The van der Waals surface area contributed by atoms with Crippen LogP contribution in [0.1, 0.15) is 45.1 Å². The van der Waals surface area contributed by atoms with E-state index in [4.69, 9.17) is 9.84 Å². The molecule has 1 atom stereocenters. The van der Waals surface area contributed by atoms with Gasteiger partial charge >= 0.3 is 5.97 Å². The predicted molar refractivity (Wildman–Crippen MR) is 85.0 cm³/mol. The number of carboxylic acids is 1. The van der Waals surface area contributed by atoms with E-state index >= 15 is 0 Å². The summed E-state index contributed by atoms with van der Waals surface area (Å²) in [6.07, 6.45) is 3.17. The average Bonchev–Trinajstić information content (AvgIpc) is 2.51. The number of rotatable bonds is 10. The second kappa shape index (κ2) is 9.82. The highest BCUT2D eigenvalue weighted by Gasteiger charge is 2.16. The van der Waals surface area contributed by atoms with Crippen LogP contribution >= 0.6 is 0 Å². The molecule has 5 nitrogen and oxygen atoms in total. The molecule has 2 N–H and O–H groups in total.